The van der Waals surface area contributed by atoms with E-state index in [1.54, 1.807) is 11.0 Å². The molecule has 0 spiro atoms. The number of piperidine rings is 1. The van der Waals surface area contributed by atoms with Gasteiger partial charge >= 0.3 is 0 Å². The monoisotopic (exact) mass is 391 g/mol. The first-order valence-corrected chi connectivity index (χ1v) is 10.7. The van der Waals surface area contributed by atoms with Crippen LogP contribution in [0.15, 0.2) is 25.0 Å². The summed E-state index contributed by atoms with van der Waals surface area (Å²) >= 11 is 0. The second-order valence-electron chi connectivity index (χ2n) is 6.97. The third kappa shape index (κ3) is 4.07. The Balaban J connectivity index is 1.42. The fourth-order valence-corrected chi connectivity index (χ4v) is 5.26. The Labute approximate surface area is 156 Å². The van der Waals surface area contributed by atoms with Gasteiger partial charge in [-0.05, 0) is 19.3 Å². The Kier molecular flexibility index (Phi) is 4.77. The molecule has 0 aliphatic carbocycles. The third-order valence-electron chi connectivity index (χ3n) is 4.99. The minimum atomic E-state index is -3.01. The molecule has 0 aromatic carbocycles. The summed E-state index contributed by atoms with van der Waals surface area (Å²) in [7, 11) is -3.01. The molecule has 2 unspecified atom stereocenters. The van der Waals surface area contributed by atoms with Crippen molar-refractivity contribution in [1.82, 2.24) is 30.0 Å². The number of anilines is 1. The Bertz CT molecular complexity index is 916. The average Bonchev–Trinajstić information content (AvgIpc) is 3.32. The molecule has 2 saturated heterocycles. The molecule has 0 saturated carbocycles. The Morgan fingerprint density at radius 3 is 2.78 bits per heavy atom. The number of hydrogen-bond donors (Lipinski definition) is 1. The van der Waals surface area contributed by atoms with Gasteiger partial charge in [0.2, 0.25) is 5.91 Å². The van der Waals surface area contributed by atoms with Crippen LogP contribution in [0, 0.1) is 5.92 Å². The number of aromatic nitrogens is 5. The standard InChI is InChI=1S/C16H21N7O3S/c24-16(21-13-3-5-27(25,26)8-13)12-2-1-4-22(7-12)14-6-15(19-10-18-14)23-11-17-9-20-23/h6,9-13H,1-5,7-8H2,(H,21,24). The van der Waals surface area contributed by atoms with Crippen LogP contribution in [-0.4, -0.2) is 69.7 Å². The summed E-state index contributed by atoms with van der Waals surface area (Å²) in [6.07, 6.45) is 6.62. The quantitative estimate of drug-likeness (QED) is 0.745. The van der Waals surface area contributed by atoms with E-state index in [0.717, 1.165) is 25.2 Å². The van der Waals surface area contributed by atoms with E-state index in [1.165, 1.54) is 12.7 Å². The van der Waals surface area contributed by atoms with Crippen molar-refractivity contribution in [3.8, 4) is 5.82 Å². The van der Waals surface area contributed by atoms with E-state index in [4.69, 9.17) is 0 Å². The highest BCUT2D eigenvalue weighted by molar-refractivity contribution is 7.91. The van der Waals surface area contributed by atoms with Crippen LogP contribution in [0.1, 0.15) is 19.3 Å². The molecule has 2 aromatic rings. The van der Waals surface area contributed by atoms with Crippen LogP contribution in [-0.2, 0) is 14.6 Å². The van der Waals surface area contributed by atoms with Gasteiger partial charge in [0.1, 0.15) is 24.8 Å². The maximum absolute atomic E-state index is 12.6. The molecular formula is C16H21N7O3S. The van der Waals surface area contributed by atoms with Gasteiger partial charge in [0.25, 0.3) is 0 Å². The summed E-state index contributed by atoms with van der Waals surface area (Å²) in [6, 6.07) is 1.55. The molecule has 2 aromatic heterocycles. The maximum Gasteiger partial charge on any atom is 0.225 e. The molecular weight excluding hydrogens is 370 g/mol. The van der Waals surface area contributed by atoms with Crippen LogP contribution < -0.4 is 10.2 Å². The zero-order valence-corrected chi connectivity index (χ0v) is 15.5. The lowest BCUT2D eigenvalue weighted by Crippen LogP contribution is -2.46. The number of hydrogen-bond acceptors (Lipinski definition) is 8. The van der Waals surface area contributed by atoms with E-state index >= 15 is 0 Å². The van der Waals surface area contributed by atoms with E-state index in [0.29, 0.717) is 18.8 Å². The van der Waals surface area contributed by atoms with E-state index in [2.05, 4.69) is 30.3 Å². The largest absolute Gasteiger partial charge is 0.356 e. The molecule has 10 nitrogen and oxygen atoms in total. The van der Waals surface area contributed by atoms with Crippen LogP contribution in [0.4, 0.5) is 5.82 Å². The number of nitrogens with zero attached hydrogens (tertiary/aromatic N) is 6. The summed E-state index contributed by atoms with van der Waals surface area (Å²) < 4.78 is 24.7. The van der Waals surface area contributed by atoms with Gasteiger partial charge in [-0.3, -0.25) is 4.79 Å². The summed E-state index contributed by atoms with van der Waals surface area (Å²) in [6.45, 7) is 1.34. The SMILES string of the molecule is O=C(NC1CCS(=O)(=O)C1)C1CCCN(c2cc(-n3cncn3)ncn2)C1. The molecule has 11 heteroatoms. The molecule has 144 valence electrons. The van der Waals surface area contributed by atoms with Gasteiger partial charge in [-0.1, -0.05) is 0 Å². The number of carbonyl (C=O) groups excluding carboxylic acids is 1. The Morgan fingerprint density at radius 1 is 1.19 bits per heavy atom. The molecule has 2 atom stereocenters. The van der Waals surface area contributed by atoms with Crippen molar-refractivity contribution >= 4 is 21.6 Å². The molecule has 0 radical (unpaired) electrons. The van der Waals surface area contributed by atoms with Crippen molar-refractivity contribution in [3.63, 3.8) is 0 Å². The number of rotatable bonds is 4. The van der Waals surface area contributed by atoms with Crippen molar-refractivity contribution < 1.29 is 13.2 Å². The first kappa shape index (κ1) is 17.8. The second-order valence-corrected chi connectivity index (χ2v) is 9.20. The van der Waals surface area contributed by atoms with Crippen LogP contribution in [0.5, 0.6) is 0 Å². The van der Waals surface area contributed by atoms with Crippen molar-refractivity contribution in [2.75, 3.05) is 29.5 Å². The summed E-state index contributed by atoms with van der Waals surface area (Å²) in [4.78, 5) is 27.1. The van der Waals surface area contributed by atoms with Crippen molar-refractivity contribution in [2.45, 2.75) is 25.3 Å². The van der Waals surface area contributed by atoms with E-state index in [1.807, 2.05) is 6.07 Å². The molecule has 2 aliphatic heterocycles. The molecule has 2 aliphatic rings. The predicted molar refractivity (Wildman–Crippen MR) is 97.1 cm³/mol. The first-order chi connectivity index (χ1) is 13.0. The molecule has 1 amide bonds. The molecule has 27 heavy (non-hydrogen) atoms. The summed E-state index contributed by atoms with van der Waals surface area (Å²) in [5.74, 6) is 1.28. The second kappa shape index (κ2) is 7.22. The predicted octanol–water partition coefficient (Wildman–Crippen LogP) is -0.423. The lowest BCUT2D eigenvalue weighted by molar-refractivity contribution is -0.125. The van der Waals surface area contributed by atoms with Gasteiger partial charge in [0.05, 0.1) is 17.4 Å². The molecule has 2 fully saturated rings. The van der Waals surface area contributed by atoms with Crippen molar-refractivity contribution in [2.24, 2.45) is 5.92 Å². The van der Waals surface area contributed by atoms with E-state index in [-0.39, 0.29) is 29.4 Å². The third-order valence-corrected chi connectivity index (χ3v) is 6.75. The molecule has 1 N–H and O–H groups in total. The van der Waals surface area contributed by atoms with E-state index in [9.17, 15) is 13.2 Å². The number of carbonyl (C=O) groups is 1. The topological polar surface area (TPSA) is 123 Å². The average molecular weight is 391 g/mol. The van der Waals surface area contributed by atoms with Gasteiger partial charge in [-0.2, -0.15) is 5.10 Å². The maximum atomic E-state index is 12.6. The Morgan fingerprint density at radius 2 is 2.04 bits per heavy atom. The summed E-state index contributed by atoms with van der Waals surface area (Å²) in [5.41, 5.74) is 0. The fraction of sp³-hybridized carbons (Fsp3) is 0.562. The van der Waals surface area contributed by atoms with Crippen LogP contribution in [0.25, 0.3) is 5.82 Å². The molecule has 4 rings (SSSR count). The van der Waals surface area contributed by atoms with Gasteiger partial charge < -0.3 is 10.2 Å². The number of amides is 1. The van der Waals surface area contributed by atoms with Crippen LogP contribution in [0.3, 0.4) is 0 Å². The van der Waals surface area contributed by atoms with Gasteiger partial charge in [0.15, 0.2) is 15.7 Å². The number of sulfone groups is 1. The minimum absolute atomic E-state index is 0.0440. The minimum Gasteiger partial charge on any atom is -0.356 e. The smallest absolute Gasteiger partial charge is 0.225 e. The molecule has 4 heterocycles. The highest BCUT2D eigenvalue weighted by Gasteiger charge is 2.32. The zero-order valence-electron chi connectivity index (χ0n) is 14.7. The van der Waals surface area contributed by atoms with Crippen molar-refractivity contribution in [3.05, 3.63) is 25.0 Å². The lowest BCUT2D eigenvalue weighted by atomic mass is 9.96. The van der Waals surface area contributed by atoms with Gasteiger partial charge in [0, 0.05) is 25.2 Å². The normalized spacial score (nSPS) is 24.7. The highest BCUT2D eigenvalue weighted by Crippen LogP contribution is 2.23. The zero-order chi connectivity index (χ0) is 18.9. The fourth-order valence-electron chi connectivity index (χ4n) is 3.59. The highest BCUT2D eigenvalue weighted by atomic mass is 32.2. The van der Waals surface area contributed by atoms with Gasteiger partial charge in [-0.15, -0.1) is 0 Å². The lowest BCUT2D eigenvalue weighted by Gasteiger charge is -2.33. The van der Waals surface area contributed by atoms with Crippen molar-refractivity contribution in [1.29, 1.82) is 0 Å². The van der Waals surface area contributed by atoms with E-state index < -0.39 is 9.84 Å². The van der Waals surface area contributed by atoms with Crippen LogP contribution in [0.2, 0.25) is 0 Å². The van der Waals surface area contributed by atoms with Gasteiger partial charge in [-0.25, -0.2) is 28.1 Å². The number of nitrogens with one attached hydrogen (secondary N) is 1. The van der Waals surface area contributed by atoms with Crippen LogP contribution >= 0.6 is 0 Å². The molecule has 0 bridgehead atoms. The first-order valence-electron chi connectivity index (χ1n) is 8.93. The summed E-state index contributed by atoms with van der Waals surface area (Å²) in [5, 5.41) is 6.98. The Hall–Kier alpha value is -2.56.